The van der Waals surface area contributed by atoms with Crippen molar-refractivity contribution in [2.75, 3.05) is 6.54 Å². The Bertz CT molecular complexity index is 181. The lowest BCUT2D eigenvalue weighted by Crippen LogP contribution is -2.30. The third-order valence-electron chi connectivity index (χ3n) is 1.28. The number of carboxylic acid groups (broad SMARTS) is 1. The second-order valence-corrected chi connectivity index (χ2v) is 2.39. The highest BCUT2D eigenvalue weighted by Gasteiger charge is 2.09. The molecule has 0 amide bonds. The van der Waals surface area contributed by atoms with Crippen LogP contribution in [-0.4, -0.2) is 29.6 Å². The molecular formula is C6H15ClN4O2. The number of halogens is 1. The average molecular weight is 213 g/mol. The van der Waals surface area contributed by atoms with Gasteiger partial charge >= 0.3 is 5.97 Å². The second-order valence-electron chi connectivity index (χ2n) is 2.39. The molecule has 7 N–H and O–H groups in total. The largest absolute Gasteiger partial charge is 0.480 e. The number of aliphatic carboxylic acids is 1. The van der Waals surface area contributed by atoms with Gasteiger partial charge in [-0.1, -0.05) is 0 Å². The smallest absolute Gasteiger partial charge is 0.320 e. The predicted octanol–water partition coefficient (Wildman–Crippen LogP) is -1.13. The van der Waals surface area contributed by atoms with Gasteiger partial charge in [0.15, 0.2) is 5.96 Å². The van der Waals surface area contributed by atoms with E-state index >= 15 is 0 Å². The van der Waals surface area contributed by atoms with E-state index in [1.807, 2.05) is 0 Å². The van der Waals surface area contributed by atoms with Crippen LogP contribution < -0.4 is 17.2 Å². The van der Waals surface area contributed by atoms with Gasteiger partial charge in [-0.15, -0.1) is 12.4 Å². The average Bonchev–Trinajstić information content (AvgIpc) is 1.97. The van der Waals surface area contributed by atoms with Gasteiger partial charge in [0.1, 0.15) is 6.04 Å². The van der Waals surface area contributed by atoms with Crippen molar-refractivity contribution in [3.63, 3.8) is 0 Å². The van der Waals surface area contributed by atoms with E-state index in [9.17, 15) is 4.79 Å². The number of carbonyl (C=O) groups is 1. The molecule has 0 radical (unpaired) electrons. The maximum absolute atomic E-state index is 10.2. The van der Waals surface area contributed by atoms with Gasteiger partial charge in [-0.05, 0) is 12.8 Å². The minimum atomic E-state index is -1.00. The molecule has 0 aliphatic rings. The molecule has 7 heteroatoms. The summed E-state index contributed by atoms with van der Waals surface area (Å²) in [6, 6.07) is -0.820. The number of aliphatic imine (C=N–C) groups is 1. The van der Waals surface area contributed by atoms with Crippen LogP contribution in [0.2, 0.25) is 0 Å². The number of carboxylic acids is 1. The second kappa shape index (κ2) is 7.63. The number of rotatable bonds is 5. The van der Waals surface area contributed by atoms with Crippen molar-refractivity contribution in [1.82, 2.24) is 0 Å². The van der Waals surface area contributed by atoms with Crippen LogP contribution in [-0.2, 0) is 4.79 Å². The normalized spacial score (nSPS) is 11.2. The molecule has 0 aliphatic heterocycles. The number of nitrogens with zero attached hydrogens (tertiary/aromatic N) is 1. The molecule has 0 fully saturated rings. The molecule has 0 aromatic rings. The van der Waals surface area contributed by atoms with Gasteiger partial charge in [0, 0.05) is 6.54 Å². The van der Waals surface area contributed by atoms with E-state index < -0.39 is 12.0 Å². The number of hydrogen-bond donors (Lipinski definition) is 4. The summed E-state index contributed by atoms with van der Waals surface area (Å²) in [4.78, 5) is 13.9. The predicted molar refractivity (Wildman–Crippen MR) is 52.8 cm³/mol. The molecule has 0 unspecified atom stereocenters. The summed E-state index contributed by atoms with van der Waals surface area (Å²) in [5, 5.41) is 8.38. The van der Waals surface area contributed by atoms with E-state index in [4.69, 9.17) is 22.3 Å². The zero-order valence-corrected chi connectivity index (χ0v) is 7.96. The quantitative estimate of drug-likeness (QED) is 0.199. The van der Waals surface area contributed by atoms with Crippen molar-refractivity contribution in [3.05, 3.63) is 0 Å². The first-order valence-electron chi connectivity index (χ1n) is 3.58. The Morgan fingerprint density at radius 1 is 1.46 bits per heavy atom. The summed E-state index contributed by atoms with van der Waals surface area (Å²) < 4.78 is 0. The summed E-state index contributed by atoms with van der Waals surface area (Å²) in [6.45, 7) is 0.420. The van der Waals surface area contributed by atoms with Crippen LogP contribution in [0.25, 0.3) is 0 Å². The van der Waals surface area contributed by atoms with Gasteiger partial charge in [0.05, 0.1) is 0 Å². The zero-order valence-electron chi connectivity index (χ0n) is 7.14. The first-order chi connectivity index (χ1) is 5.54. The maximum atomic E-state index is 10.2. The Morgan fingerprint density at radius 2 is 2.00 bits per heavy atom. The first kappa shape index (κ1) is 14.5. The third kappa shape index (κ3) is 8.90. The minimum absolute atomic E-state index is 0. The van der Waals surface area contributed by atoms with Crippen LogP contribution in [0, 0.1) is 0 Å². The molecule has 0 heterocycles. The Hall–Kier alpha value is -1.01. The van der Waals surface area contributed by atoms with E-state index in [1.165, 1.54) is 0 Å². The van der Waals surface area contributed by atoms with Crippen molar-refractivity contribution < 1.29 is 9.90 Å². The fraction of sp³-hybridized carbons (Fsp3) is 0.667. The van der Waals surface area contributed by atoms with E-state index in [1.54, 1.807) is 0 Å². The van der Waals surface area contributed by atoms with E-state index in [2.05, 4.69) is 4.99 Å². The van der Waals surface area contributed by atoms with Crippen LogP contribution in [0.3, 0.4) is 0 Å². The molecule has 0 aromatic heterocycles. The Morgan fingerprint density at radius 3 is 2.38 bits per heavy atom. The molecule has 6 nitrogen and oxygen atoms in total. The van der Waals surface area contributed by atoms with Crippen molar-refractivity contribution >= 4 is 24.3 Å². The van der Waals surface area contributed by atoms with Crippen molar-refractivity contribution in [3.8, 4) is 0 Å². The van der Waals surface area contributed by atoms with Crippen LogP contribution in [0.1, 0.15) is 12.8 Å². The van der Waals surface area contributed by atoms with Crippen LogP contribution in [0.5, 0.6) is 0 Å². The van der Waals surface area contributed by atoms with Crippen LogP contribution in [0.15, 0.2) is 4.99 Å². The fourth-order valence-corrected chi connectivity index (χ4v) is 0.643. The van der Waals surface area contributed by atoms with Gasteiger partial charge in [-0.3, -0.25) is 9.79 Å². The Kier molecular flexibility index (Phi) is 8.52. The summed E-state index contributed by atoms with van der Waals surface area (Å²) in [7, 11) is 0. The molecule has 1 atom stereocenters. The van der Waals surface area contributed by atoms with Gasteiger partial charge in [-0.2, -0.15) is 0 Å². The molecule has 0 saturated heterocycles. The van der Waals surface area contributed by atoms with Gasteiger partial charge in [0.2, 0.25) is 0 Å². The maximum Gasteiger partial charge on any atom is 0.320 e. The standard InChI is InChI=1S/C6H14N4O2.ClH/c7-4(5(11)12)2-1-3-10-6(8)9;/h4H,1-3,7H2,(H,11,12)(H4,8,9,10);1H/t4-;/m0./s1/i7+1,10+1;. The molecule has 0 rings (SSSR count). The number of hydrogen-bond acceptors (Lipinski definition) is 3. The summed E-state index contributed by atoms with van der Waals surface area (Å²) in [6.07, 6.45) is 0.956. The van der Waals surface area contributed by atoms with E-state index in [0.29, 0.717) is 19.4 Å². The van der Waals surface area contributed by atoms with Gasteiger partial charge in [0.25, 0.3) is 0 Å². The molecule has 0 aliphatic carbocycles. The lowest BCUT2D eigenvalue weighted by Gasteiger charge is -2.03. The summed E-state index contributed by atoms with van der Waals surface area (Å²) in [5.41, 5.74) is 15.3. The van der Waals surface area contributed by atoms with E-state index in [0.717, 1.165) is 0 Å². The molecule has 78 valence electrons. The van der Waals surface area contributed by atoms with Crippen molar-refractivity contribution in [2.24, 2.45) is 22.2 Å². The number of nitrogens with two attached hydrogens (primary N) is 3. The van der Waals surface area contributed by atoms with E-state index in [-0.39, 0.29) is 18.4 Å². The molecule has 0 spiro atoms. The molecule has 0 aromatic carbocycles. The minimum Gasteiger partial charge on any atom is -0.480 e. The fourth-order valence-electron chi connectivity index (χ4n) is 0.643. The summed E-state index contributed by atoms with van der Waals surface area (Å²) >= 11 is 0. The van der Waals surface area contributed by atoms with Crippen LogP contribution in [0.4, 0.5) is 0 Å². The molecular weight excluding hydrogens is 198 g/mol. The van der Waals surface area contributed by atoms with Crippen molar-refractivity contribution in [2.45, 2.75) is 18.9 Å². The SMILES string of the molecule is Cl.NC(N)=[15N]CCC[C@H]([15NH2])C(=O)O. The summed E-state index contributed by atoms with van der Waals surface area (Å²) in [5.74, 6) is -0.987. The topological polar surface area (TPSA) is 128 Å². The lowest BCUT2D eigenvalue weighted by molar-refractivity contribution is -0.138. The molecule has 13 heavy (non-hydrogen) atoms. The first-order valence-corrected chi connectivity index (χ1v) is 3.58. The van der Waals surface area contributed by atoms with Crippen LogP contribution >= 0.6 is 12.4 Å². The lowest BCUT2D eigenvalue weighted by atomic mass is 10.2. The monoisotopic (exact) mass is 212 g/mol. The molecule has 0 bridgehead atoms. The molecule has 0 saturated carbocycles. The van der Waals surface area contributed by atoms with Crippen molar-refractivity contribution in [1.29, 1.82) is 0 Å². The third-order valence-corrected chi connectivity index (χ3v) is 1.28. The zero-order chi connectivity index (χ0) is 9.56. The number of guanidine groups is 1. The highest BCUT2D eigenvalue weighted by atomic mass is 35.5. The Balaban J connectivity index is 0. The Labute approximate surface area is 82.6 Å². The highest BCUT2D eigenvalue weighted by molar-refractivity contribution is 5.85. The van der Waals surface area contributed by atoms with Gasteiger partial charge < -0.3 is 22.3 Å². The highest BCUT2D eigenvalue weighted by Crippen LogP contribution is 1.94. The van der Waals surface area contributed by atoms with Gasteiger partial charge in [-0.25, -0.2) is 0 Å².